The summed E-state index contributed by atoms with van der Waals surface area (Å²) in [6, 6.07) is 0. The first kappa shape index (κ1) is 90.0. The standard InChI is InChI=1S/C81H162NO8P/c1-3-5-7-9-11-13-15-17-19-21-23-25-27-29-31-33-35-37-38-39-40-42-44-46-48-50-52-54-56-58-60-62-64-66-68-70-72-74-81(84)90-79(78-89-91(85,86)88-76-75-82)77-87-80(83)73-71-69-67-65-63-61-59-57-55-53-51-49-47-45-43-41-36-34-32-30-28-26-24-22-20-18-16-14-12-10-8-6-4-2/h79H,3-78,82H2,1-2H3,(H,85,86). The molecule has 0 aliphatic rings. The zero-order chi connectivity index (χ0) is 65.8. The quantitative estimate of drug-likeness (QED) is 0.0347. The fourth-order valence-corrected chi connectivity index (χ4v) is 14.1. The molecule has 0 radical (unpaired) electrons. The fraction of sp³-hybridized carbons (Fsp3) is 0.975. The van der Waals surface area contributed by atoms with Crippen LogP contribution in [0.2, 0.25) is 0 Å². The van der Waals surface area contributed by atoms with E-state index in [-0.39, 0.29) is 32.1 Å². The largest absolute Gasteiger partial charge is 0.472 e. The average molecular weight is 1310 g/mol. The Balaban J connectivity index is 3.71. The Morgan fingerprint density at radius 3 is 0.670 bits per heavy atom. The summed E-state index contributed by atoms with van der Waals surface area (Å²) in [5.74, 6) is -0.793. The molecule has 0 bridgehead atoms. The molecule has 0 aromatic rings. The number of nitrogens with two attached hydrogens (primary N) is 1. The molecule has 91 heavy (non-hydrogen) atoms. The lowest BCUT2D eigenvalue weighted by Gasteiger charge is -2.19. The van der Waals surface area contributed by atoms with Crippen LogP contribution in [-0.2, 0) is 32.7 Å². The maximum absolute atomic E-state index is 12.8. The number of rotatable bonds is 81. The van der Waals surface area contributed by atoms with Gasteiger partial charge in [-0.15, -0.1) is 0 Å². The molecule has 3 N–H and O–H groups in total. The highest BCUT2D eigenvalue weighted by Crippen LogP contribution is 2.43. The van der Waals surface area contributed by atoms with Crippen LogP contribution in [-0.4, -0.2) is 49.3 Å². The van der Waals surface area contributed by atoms with Gasteiger partial charge in [0.1, 0.15) is 6.61 Å². The van der Waals surface area contributed by atoms with Crippen LogP contribution in [0, 0.1) is 0 Å². The molecule has 0 fully saturated rings. The highest BCUT2D eigenvalue weighted by Gasteiger charge is 2.26. The molecule has 0 rings (SSSR count). The van der Waals surface area contributed by atoms with Gasteiger partial charge in [-0.3, -0.25) is 18.6 Å². The molecule has 10 heteroatoms. The topological polar surface area (TPSA) is 134 Å². The Kier molecular flexibility index (Phi) is 77.2. The van der Waals surface area contributed by atoms with Crippen molar-refractivity contribution < 1.29 is 37.6 Å². The predicted octanol–water partition coefficient (Wildman–Crippen LogP) is 27.7. The Bertz CT molecular complexity index is 1450. The second-order valence-corrected chi connectivity index (χ2v) is 30.2. The van der Waals surface area contributed by atoms with Crippen molar-refractivity contribution >= 4 is 19.8 Å². The Hall–Kier alpha value is -0.990. The monoisotopic (exact) mass is 1310 g/mol. The molecular weight excluding hydrogens is 1150 g/mol. The van der Waals surface area contributed by atoms with E-state index < -0.39 is 26.5 Å². The fourth-order valence-electron chi connectivity index (χ4n) is 13.4. The van der Waals surface area contributed by atoms with Crippen molar-refractivity contribution in [3.8, 4) is 0 Å². The third kappa shape index (κ3) is 77.9. The predicted molar refractivity (Wildman–Crippen MR) is 395 cm³/mol. The maximum atomic E-state index is 12.8. The van der Waals surface area contributed by atoms with Crippen molar-refractivity contribution in [1.82, 2.24) is 0 Å². The van der Waals surface area contributed by atoms with Crippen LogP contribution < -0.4 is 5.73 Å². The SMILES string of the molecule is CCCCCCCCCCCCCCCCCCCCCCCCCCCCCCCCCCCCCCCC(=O)OC(COC(=O)CCCCCCCCCCCCCCCCCCCCCCCCCCCCCCCCCCC)COP(=O)(O)OCCN. The number of unbranched alkanes of at least 4 members (excludes halogenated alkanes) is 68. The van der Waals surface area contributed by atoms with Gasteiger partial charge in [0.05, 0.1) is 13.2 Å². The molecule has 0 amide bonds. The van der Waals surface area contributed by atoms with E-state index in [9.17, 15) is 19.0 Å². The normalized spacial score (nSPS) is 12.7. The number of carbonyl (C=O) groups is 2. The van der Waals surface area contributed by atoms with Gasteiger partial charge in [0, 0.05) is 19.4 Å². The van der Waals surface area contributed by atoms with Gasteiger partial charge in [-0.25, -0.2) is 4.57 Å². The second kappa shape index (κ2) is 78.0. The lowest BCUT2D eigenvalue weighted by Crippen LogP contribution is -2.29. The average Bonchev–Trinajstić information content (AvgIpc) is 3.74. The van der Waals surface area contributed by atoms with Crippen LogP contribution >= 0.6 is 7.82 Å². The van der Waals surface area contributed by atoms with E-state index in [4.69, 9.17) is 24.3 Å². The third-order valence-corrected chi connectivity index (χ3v) is 20.5. The highest BCUT2D eigenvalue weighted by atomic mass is 31.2. The van der Waals surface area contributed by atoms with Crippen molar-refractivity contribution in [2.45, 2.75) is 482 Å². The van der Waals surface area contributed by atoms with Crippen LogP contribution in [0.1, 0.15) is 476 Å². The van der Waals surface area contributed by atoms with Gasteiger partial charge < -0.3 is 20.1 Å². The van der Waals surface area contributed by atoms with Gasteiger partial charge in [-0.05, 0) is 12.8 Å². The first-order valence-electron chi connectivity index (χ1n) is 41.5. The summed E-state index contributed by atoms with van der Waals surface area (Å²) in [5, 5.41) is 0. The number of phosphoric acid groups is 1. The highest BCUT2D eigenvalue weighted by molar-refractivity contribution is 7.47. The van der Waals surface area contributed by atoms with Crippen LogP contribution in [0.3, 0.4) is 0 Å². The van der Waals surface area contributed by atoms with Crippen molar-refractivity contribution in [2.24, 2.45) is 5.73 Å². The van der Waals surface area contributed by atoms with E-state index in [0.717, 1.165) is 32.1 Å². The first-order valence-corrected chi connectivity index (χ1v) is 43.0. The minimum atomic E-state index is -4.39. The Morgan fingerprint density at radius 1 is 0.286 bits per heavy atom. The van der Waals surface area contributed by atoms with Crippen LogP contribution in [0.25, 0.3) is 0 Å². The Labute approximate surface area is 568 Å². The minimum Gasteiger partial charge on any atom is -0.462 e. The summed E-state index contributed by atoms with van der Waals surface area (Å²) in [6.07, 6.45) is 95.6. The number of esters is 2. The van der Waals surface area contributed by atoms with E-state index in [0.29, 0.717) is 12.8 Å². The molecule has 2 unspecified atom stereocenters. The van der Waals surface area contributed by atoms with Crippen LogP contribution in [0.15, 0.2) is 0 Å². The second-order valence-electron chi connectivity index (χ2n) is 28.7. The van der Waals surface area contributed by atoms with Crippen molar-refractivity contribution in [3.05, 3.63) is 0 Å². The number of hydrogen-bond acceptors (Lipinski definition) is 8. The molecule has 0 saturated heterocycles. The van der Waals surface area contributed by atoms with Gasteiger partial charge in [0.25, 0.3) is 0 Å². The molecule has 0 heterocycles. The Morgan fingerprint density at radius 2 is 0.473 bits per heavy atom. The molecule has 9 nitrogen and oxygen atoms in total. The third-order valence-electron chi connectivity index (χ3n) is 19.5. The summed E-state index contributed by atoms with van der Waals surface area (Å²) >= 11 is 0. The molecule has 2 atom stereocenters. The van der Waals surface area contributed by atoms with Gasteiger partial charge >= 0.3 is 19.8 Å². The number of carbonyl (C=O) groups excluding carboxylic acids is 2. The van der Waals surface area contributed by atoms with Crippen molar-refractivity contribution in [2.75, 3.05) is 26.4 Å². The summed E-state index contributed by atoms with van der Waals surface area (Å²) in [7, 11) is -4.39. The lowest BCUT2D eigenvalue weighted by molar-refractivity contribution is -0.161. The van der Waals surface area contributed by atoms with Gasteiger partial charge in [-0.2, -0.15) is 0 Å². The summed E-state index contributed by atoms with van der Waals surface area (Å²) < 4.78 is 33.3. The lowest BCUT2D eigenvalue weighted by atomic mass is 10.0. The number of phosphoric ester groups is 1. The summed E-state index contributed by atoms with van der Waals surface area (Å²) in [6.45, 7) is 3.86. The zero-order valence-corrected chi connectivity index (χ0v) is 62.5. The summed E-state index contributed by atoms with van der Waals surface area (Å²) in [4.78, 5) is 35.5. The molecule has 0 saturated carbocycles. The minimum absolute atomic E-state index is 0.0590. The maximum Gasteiger partial charge on any atom is 0.472 e. The van der Waals surface area contributed by atoms with E-state index in [2.05, 4.69) is 13.8 Å². The van der Waals surface area contributed by atoms with Gasteiger partial charge in [0.2, 0.25) is 0 Å². The first-order chi connectivity index (χ1) is 44.8. The van der Waals surface area contributed by atoms with E-state index in [1.165, 1.54) is 411 Å². The van der Waals surface area contributed by atoms with Crippen molar-refractivity contribution in [1.29, 1.82) is 0 Å². The van der Waals surface area contributed by atoms with Crippen molar-refractivity contribution in [3.63, 3.8) is 0 Å². The van der Waals surface area contributed by atoms with E-state index in [1.54, 1.807) is 0 Å². The van der Waals surface area contributed by atoms with E-state index in [1.807, 2.05) is 0 Å². The zero-order valence-electron chi connectivity index (χ0n) is 61.6. The number of hydrogen-bond donors (Lipinski definition) is 2. The smallest absolute Gasteiger partial charge is 0.462 e. The molecule has 0 aromatic heterocycles. The van der Waals surface area contributed by atoms with Gasteiger partial charge in [-0.1, -0.05) is 450 Å². The molecule has 0 aliphatic carbocycles. The molecule has 544 valence electrons. The number of ether oxygens (including phenoxy) is 2. The summed E-state index contributed by atoms with van der Waals surface area (Å²) in [5.41, 5.74) is 5.42. The van der Waals surface area contributed by atoms with Crippen LogP contribution in [0.4, 0.5) is 0 Å². The molecular formula is C81H162NO8P. The van der Waals surface area contributed by atoms with E-state index >= 15 is 0 Å². The van der Waals surface area contributed by atoms with Gasteiger partial charge in [0.15, 0.2) is 6.10 Å². The van der Waals surface area contributed by atoms with Crippen LogP contribution in [0.5, 0.6) is 0 Å². The molecule has 0 spiro atoms. The molecule has 0 aromatic carbocycles. The molecule has 0 aliphatic heterocycles.